The van der Waals surface area contributed by atoms with Gasteiger partial charge in [0.2, 0.25) is 34.9 Å². The molecule has 0 amide bonds. The summed E-state index contributed by atoms with van der Waals surface area (Å²) in [4.78, 5) is 17.3. The lowest BCUT2D eigenvalue weighted by molar-refractivity contribution is 0.523. The first kappa shape index (κ1) is 14.4. The first-order valence-corrected chi connectivity index (χ1v) is 6.17. The molecule has 0 spiro atoms. The predicted octanol–water partition coefficient (Wildman–Crippen LogP) is 2.99. The summed E-state index contributed by atoms with van der Waals surface area (Å²) >= 11 is 0. The standard InChI is InChI=1S/C12H2F6N6/c13-1-2(14)8-19-7(1)22-9-3(15)4(16)11(20-9)24-12-6(18)5(17)10(21-12)23-8/h(H2,19,20,21,22,23,24). The Morgan fingerprint density at radius 1 is 0.458 bits per heavy atom. The van der Waals surface area contributed by atoms with E-state index < -0.39 is 69.2 Å². The van der Waals surface area contributed by atoms with Crippen LogP contribution in [0.2, 0.25) is 0 Å². The van der Waals surface area contributed by atoms with Crippen molar-refractivity contribution in [2.75, 3.05) is 0 Å². The Labute approximate surface area is 126 Å². The summed E-state index contributed by atoms with van der Waals surface area (Å²) in [6.07, 6.45) is 0. The van der Waals surface area contributed by atoms with Crippen molar-refractivity contribution in [1.82, 2.24) is 29.9 Å². The van der Waals surface area contributed by atoms with Crippen molar-refractivity contribution < 1.29 is 26.3 Å². The fraction of sp³-hybridized carbons (Fsp3) is 0. The second-order valence-electron chi connectivity index (χ2n) is 4.62. The maximum atomic E-state index is 13.8. The van der Waals surface area contributed by atoms with Crippen LogP contribution in [0.3, 0.4) is 0 Å². The van der Waals surface area contributed by atoms with Crippen molar-refractivity contribution >= 4 is 34.2 Å². The van der Waals surface area contributed by atoms with Gasteiger partial charge in [0.1, 0.15) is 0 Å². The number of aromatic amines is 2. The van der Waals surface area contributed by atoms with Crippen molar-refractivity contribution in [3.63, 3.8) is 0 Å². The number of fused-ring (bicyclic) bond motifs is 6. The molecule has 3 aromatic rings. The number of nitrogens with zero attached hydrogens (tertiary/aromatic N) is 4. The Bertz CT molecular complexity index is 1040. The summed E-state index contributed by atoms with van der Waals surface area (Å²) in [6.45, 7) is 0. The molecule has 1 aliphatic rings. The van der Waals surface area contributed by atoms with E-state index in [0.29, 0.717) is 0 Å². The Balaban J connectivity index is 2.29. The van der Waals surface area contributed by atoms with Crippen LogP contribution >= 0.6 is 0 Å². The van der Waals surface area contributed by atoms with E-state index in [1.54, 1.807) is 0 Å². The lowest BCUT2D eigenvalue weighted by Gasteiger charge is -1.85. The van der Waals surface area contributed by atoms with Gasteiger partial charge in [-0.3, -0.25) is 0 Å². The van der Waals surface area contributed by atoms with Gasteiger partial charge in [0.25, 0.3) is 0 Å². The third-order valence-electron chi connectivity index (χ3n) is 3.15. The minimum absolute atomic E-state index is 0.841. The summed E-state index contributed by atoms with van der Waals surface area (Å²) in [5, 5.41) is 0. The highest BCUT2D eigenvalue weighted by atomic mass is 19.2. The molecule has 6 bridgehead atoms. The number of H-pyrrole nitrogens is 2. The third-order valence-corrected chi connectivity index (χ3v) is 3.15. The van der Waals surface area contributed by atoms with Crippen molar-refractivity contribution in [2.24, 2.45) is 0 Å². The van der Waals surface area contributed by atoms with E-state index in [4.69, 9.17) is 0 Å². The molecule has 2 N–H and O–H groups in total. The van der Waals surface area contributed by atoms with E-state index in [9.17, 15) is 26.3 Å². The predicted molar refractivity (Wildman–Crippen MR) is 67.8 cm³/mol. The fourth-order valence-corrected chi connectivity index (χ4v) is 2.03. The molecule has 24 heavy (non-hydrogen) atoms. The molecule has 0 radical (unpaired) electrons. The maximum absolute atomic E-state index is 13.8. The fourth-order valence-electron chi connectivity index (χ4n) is 2.03. The molecule has 6 nitrogen and oxygen atoms in total. The largest absolute Gasteiger partial charge is 0.320 e. The molecule has 4 heterocycles. The van der Waals surface area contributed by atoms with Crippen molar-refractivity contribution in [3.05, 3.63) is 34.9 Å². The lowest BCUT2D eigenvalue weighted by Crippen LogP contribution is -1.87. The summed E-state index contributed by atoms with van der Waals surface area (Å²) in [5.74, 6) is -11.5. The molecule has 4 rings (SSSR count). The first-order valence-electron chi connectivity index (χ1n) is 6.17. The van der Waals surface area contributed by atoms with E-state index in [0.717, 1.165) is 0 Å². The van der Waals surface area contributed by atoms with Crippen LogP contribution in [0.5, 0.6) is 0 Å². The van der Waals surface area contributed by atoms with E-state index >= 15 is 0 Å². The maximum Gasteiger partial charge on any atom is 0.207 e. The quantitative estimate of drug-likeness (QED) is 0.614. The van der Waals surface area contributed by atoms with Gasteiger partial charge in [0, 0.05) is 0 Å². The molecule has 1 aliphatic heterocycles. The second-order valence-corrected chi connectivity index (χ2v) is 4.62. The van der Waals surface area contributed by atoms with Crippen LogP contribution in [0.15, 0.2) is 0 Å². The van der Waals surface area contributed by atoms with Crippen LogP contribution < -0.4 is 0 Å². The van der Waals surface area contributed by atoms with E-state index in [1.165, 1.54) is 0 Å². The molecule has 0 aromatic carbocycles. The van der Waals surface area contributed by atoms with Crippen LogP contribution in [0, 0.1) is 23.3 Å². The summed E-state index contributed by atoms with van der Waals surface area (Å²) in [5.41, 5.74) is -3.40. The van der Waals surface area contributed by atoms with Gasteiger partial charge >= 0.3 is 0 Å². The molecule has 0 atom stereocenters. The Hall–Kier alpha value is -3.18. The number of rotatable bonds is 0. The van der Waals surface area contributed by atoms with Crippen LogP contribution in [-0.4, -0.2) is 29.9 Å². The number of hydrogen-bond donors (Lipinski definition) is 2. The Kier molecular flexibility index (Phi) is 2.80. The average molecular weight is 344 g/mol. The van der Waals surface area contributed by atoms with Crippen molar-refractivity contribution in [2.45, 2.75) is 0 Å². The monoisotopic (exact) mass is 344 g/mol. The SMILES string of the molecule is FC1=C(F)c2nc1nc1[nH]c(nc3[nH]c(n2)c(F)c3F)c(F)c1F. The molecule has 122 valence electrons. The van der Waals surface area contributed by atoms with Gasteiger partial charge in [0.15, 0.2) is 34.2 Å². The molecular formula is C12H2F6N6. The van der Waals surface area contributed by atoms with Gasteiger partial charge in [-0.15, -0.1) is 0 Å². The molecule has 0 aliphatic carbocycles. The molecule has 12 heteroatoms. The van der Waals surface area contributed by atoms with Gasteiger partial charge in [-0.1, -0.05) is 0 Å². The molecule has 0 saturated carbocycles. The summed E-state index contributed by atoms with van der Waals surface area (Å²) < 4.78 is 82.6. The zero-order valence-electron chi connectivity index (χ0n) is 11.1. The molecule has 0 fully saturated rings. The number of halogens is 6. The van der Waals surface area contributed by atoms with Crippen LogP contribution in [-0.2, 0) is 0 Å². The van der Waals surface area contributed by atoms with E-state index in [-0.39, 0.29) is 0 Å². The normalized spacial score (nSPS) is 13.2. The number of aromatic nitrogens is 6. The van der Waals surface area contributed by atoms with Gasteiger partial charge < -0.3 is 9.97 Å². The van der Waals surface area contributed by atoms with Crippen molar-refractivity contribution in [3.8, 4) is 0 Å². The summed E-state index contributed by atoms with van der Waals surface area (Å²) in [7, 11) is 0. The molecule has 3 aromatic heterocycles. The Morgan fingerprint density at radius 2 is 0.792 bits per heavy atom. The minimum atomic E-state index is -1.62. The third kappa shape index (κ3) is 1.85. The van der Waals surface area contributed by atoms with Crippen LogP contribution in [0.25, 0.3) is 34.2 Å². The second kappa shape index (κ2) is 4.66. The van der Waals surface area contributed by atoms with E-state index in [2.05, 4.69) is 19.9 Å². The molecule has 0 unspecified atom stereocenters. The minimum Gasteiger partial charge on any atom is -0.320 e. The van der Waals surface area contributed by atoms with Gasteiger partial charge in [-0.2, -0.15) is 26.3 Å². The van der Waals surface area contributed by atoms with Gasteiger partial charge in [0.05, 0.1) is 0 Å². The Morgan fingerprint density at radius 3 is 1.17 bits per heavy atom. The topological polar surface area (TPSA) is 83.1 Å². The zero-order chi connectivity index (χ0) is 17.2. The van der Waals surface area contributed by atoms with Gasteiger partial charge in [-0.25, -0.2) is 19.9 Å². The van der Waals surface area contributed by atoms with Crippen LogP contribution in [0.1, 0.15) is 11.6 Å². The van der Waals surface area contributed by atoms with Crippen molar-refractivity contribution in [1.29, 1.82) is 0 Å². The number of hydrogen-bond acceptors (Lipinski definition) is 4. The van der Waals surface area contributed by atoms with Crippen LogP contribution in [0.4, 0.5) is 26.3 Å². The molecule has 0 saturated heterocycles. The van der Waals surface area contributed by atoms with Gasteiger partial charge in [-0.05, 0) is 0 Å². The van der Waals surface area contributed by atoms with E-state index in [1.807, 2.05) is 9.97 Å². The first-order chi connectivity index (χ1) is 11.4. The summed E-state index contributed by atoms with van der Waals surface area (Å²) in [6, 6.07) is 0. The highest BCUT2D eigenvalue weighted by Gasteiger charge is 2.25. The highest BCUT2D eigenvalue weighted by Crippen LogP contribution is 2.30. The zero-order valence-corrected chi connectivity index (χ0v) is 11.1. The molecular weight excluding hydrogens is 342 g/mol. The highest BCUT2D eigenvalue weighted by molar-refractivity contribution is 5.82. The average Bonchev–Trinajstić information content (AvgIpc) is 3.07. The smallest absolute Gasteiger partial charge is 0.207 e. The lowest BCUT2D eigenvalue weighted by atomic mass is 10.4. The number of nitrogens with one attached hydrogen (secondary N) is 2.